The number of benzene rings is 1. The molecule has 3 aromatic rings. The highest BCUT2D eigenvalue weighted by Crippen LogP contribution is 2.19. The highest BCUT2D eigenvalue weighted by atomic mass is 35.5. The molecule has 29 heavy (non-hydrogen) atoms. The number of pyridine rings is 2. The number of hydrogen-bond acceptors (Lipinski definition) is 5. The van der Waals surface area contributed by atoms with Crippen molar-refractivity contribution in [3.8, 4) is 17.2 Å². The fourth-order valence-corrected chi connectivity index (χ4v) is 2.95. The third kappa shape index (κ3) is 5.59. The van der Waals surface area contributed by atoms with Crippen molar-refractivity contribution in [3.63, 3.8) is 0 Å². The van der Waals surface area contributed by atoms with Crippen molar-refractivity contribution >= 4 is 11.6 Å². The molecule has 1 aliphatic carbocycles. The van der Waals surface area contributed by atoms with Crippen LogP contribution >= 0.6 is 11.6 Å². The molecule has 0 aliphatic heterocycles. The first-order valence-corrected chi connectivity index (χ1v) is 9.98. The Morgan fingerprint density at radius 1 is 1.07 bits per heavy atom. The van der Waals surface area contributed by atoms with Gasteiger partial charge in [-0.3, -0.25) is 14.3 Å². The van der Waals surface area contributed by atoms with E-state index in [-0.39, 0.29) is 12.2 Å². The van der Waals surface area contributed by atoms with Crippen molar-refractivity contribution in [2.24, 2.45) is 0 Å². The summed E-state index contributed by atoms with van der Waals surface area (Å²) in [5.74, 6) is 1.28. The SMILES string of the molecule is O=c1cc(OCc2ccc(Cl)cn2)ccn1-c1ccc(OCCNC2CC2)cc1. The maximum absolute atomic E-state index is 12.5. The first-order chi connectivity index (χ1) is 14.2. The predicted octanol–water partition coefficient (Wildman–Crippen LogP) is 3.60. The van der Waals surface area contributed by atoms with Gasteiger partial charge in [-0.25, -0.2) is 0 Å². The largest absolute Gasteiger partial charge is 0.492 e. The normalized spacial score (nSPS) is 13.3. The van der Waals surface area contributed by atoms with E-state index < -0.39 is 0 Å². The van der Waals surface area contributed by atoms with Crippen molar-refractivity contribution in [3.05, 3.63) is 82.0 Å². The van der Waals surface area contributed by atoms with Crippen LogP contribution in [0.25, 0.3) is 5.69 Å². The van der Waals surface area contributed by atoms with Gasteiger partial charge in [0.1, 0.15) is 24.7 Å². The molecule has 0 atom stereocenters. The molecule has 2 aromatic heterocycles. The summed E-state index contributed by atoms with van der Waals surface area (Å²) in [6.07, 6.45) is 5.80. The van der Waals surface area contributed by atoms with Gasteiger partial charge in [0.05, 0.1) is 10.7 Å². The van der Waals surface area contributed by atoms with Gasteiger partial charge in [0.15, 0.2) is 0 Å². The number of nitrogens with zero attached hydrogens (tertiary/aromatic N) is 2. The average molecular weight is 412 g/mol. The van der Waals surface area contributed by atoms with Gasteiger partial charge in [-0.2, -0.15) is 0 Å². The Hall–Kier alpha value is -2.83. The molecule has 6 nitrogen and oxygen atoms in total. The van der Waals surface area contributed by atoms with Crippen LogP contribution in [0.3, 0.4) is 0 Å². The van der Waals surface area contributed by atoms with Crippen LogP contribution in [-0.2, 0) is 6.61 Å². The summed E-state index contributed by atoms with van der Waals surface area (Å²) in [4.78, 5) is 16.6. The van der Waals surface area contributed by atoms with E-state index in [0.29, 0.717) is 23.4 Å². The van der Waals surface area contributed by atoms with Crippen LogP contribution < -0.4 is 20.3 Å². The van der Waals surface area contributed by atoms with Crippen molar-refractivity contribution < 1.29 is 9.47 Å². The number of rotatable bonds is 9. The Morgan fingerprint density at radius 2 is 1.90 bits per heavy atom. The molecule has 1 aliphatic rings. The second kappa shape index (κ2) is 9.11. The molecule has 0 spiro atoms. The molecule has 1 N–H and O–H groups in total. The number of ether oxygens (including phenoxy) is 2. The molecule has 0 amide bonds. The third-order valence-electron chi connectivity index (χ3n) is 4.56. The zero-order valence-corrected chi connectivity index (χ0v) is 16.6. The van der Waals surface area contributed by atoms with E-state index in [4.69, 9.17) is 21.1 Å². The molecule has 150 valence electrons. The number of hydrogen-bond donors (Lipinski definition) is 1. The van der Waals surface area contributed by atoms with Gasteiger partial charge in [0.2, 0.25) is 0 Å². The predicted molar refractivity (Wildman–Crippen MR) is 112 cm³/mol. The minimum atomic E-state index is -0.172. The van der Waals surface area contributed by atoms with Gasteiger partial charge in [-0.05, 0) is 55.3 Å². The first kappa shape index (κ1) is 19.5. The van der Waals surface area contributed by atoms with Gasteiger partial charge in [-0.15, -0.1) is 0 Å². The van der Waals surface area contributed by atoms with Crippen molar-refractivity contribution in [2.75, 3.05) is 13.2 Å². The molecule has 0 unspecified atom stereocenters. The highest BCUT2D eigenvalue weighted by molar-refractivity contribution is 6.30. The Kier molecular flexibility index (Phi) is 6.12. The fraction of sp³-hybridized carbons (Fsp3) is 0.273. The molecule has 1 saturated carbocycles. The van der Waals surface area contributed by atoms with Crippen LogP contribution in [-0.4, -0.2) is 28.7 Å². The summed E-state index contributed by atoms with van der Waals surface area (Å²) < 4.78 is 12.9. The topological polar surface area (TPSA) is 65.4 Å². The van der Waals surface area contributed by atoms with Crippen LogP contribution in [0.1, 0.15) is 18.5 Å². The standard InChI is InChI=1S/C22H22ClN3O3/c23-16-1-2-18(25-14-16)15-29-21-9-11-26(22(27)13-21)19-5-7-20(8-6-19)28-12-10-24-17-3-4-17/h1-2,5-9,11,13-14,17,24H,3-4,10,12,15H2. The van der Waals surface area contributed by atoms with E-state index >= 15 is 0 Å². The Morgan fingerprint density at radius 3 is 2.59 bits per heavy atom. The quantitative estimate of drug-likeness (QED) is 0.545. The molecular formula is C22H22ClN3O3. The lowest BCUT2D eigenvalue weighted by molar-refractivity contribution is 0.300. The van der Waals surface area contributed by atoms with Crippen LogP contribution in [0, 0.1) is 0 Å². The van der Waals surface area contributed by atoms with Gasteiger partial charge < -0.3 is 14.8 Å². The molecule has 0 bridgehead atoms. The molecule has 0 radical (unpaired) electrons. The average Bonchev–Trinajstić information content (AvgIpc) is 3.56. The van der Waals surface area contributed by atoms with E-state index in [1.807, 2.05) is 24.3 Å². The molecule has 7 heteroatoms. The molecule has 1 aromatic carbocycles. The van der Waals surface area contributed by atoms with E-state index in [9.17, 15) is 4.79 Å². The van der Waals surface area contributed by atoms with E-state index in [0.717, 1.165) is 23.7 Å². The van der Waals surface area contributed by atoms with Gasteiger partial charge >= 0.3 is 0 Å². The summed E-state index contributed by atoms with van der Waals surface area (Å²) in [6, 6.07) is 14.9. The molecule has 4 rings (SSSR count). The maximum atomic E-state index is 12.5. The monoisotopic (exact) mass is 411 g/mol. The highest BCUT2D eigenvalue weighted by Gasteiger charge is 2.19. The summed E-state index contributed by atoms with van der Waals surface area (Å²) in [7, 11) is 0. The van der Waals surface area contributed by atoms with Gasteiger partial charge in [0.25, 0.3) is 5.56 Å². The van der Waals surface area contributed by atoms with Crippen molar-refractivity contribution in [1.29, 1.82) is 0 Å². The Labute approximate surface area is 174 Å². The van der Waals surface area contributed by atoms with E-state index in [1.165, 1.54) is 18.9 Å². The number of aromatic nitrogens is 2. The molecule has 0 saturated heterocycles. The summed E-state index contributed by atoms with van der Waals surface area (Å²) >= 11 is 5.82. The second-order valence-corrected chi connectivity index (χ2v) is 7.33. The van der Waals surface area contributed by atoms with Crippen LogP contribution in [0.2, 0.25) is 5.02 Å². The number of nitrogens with one attached hydrogen (secondary N) is 1. The first-order valence-electron chi connectivity index (χ1n) is 9.60. The minimum Gasteiger partial charge on any atom is -0.492 e. The molecular weight excluding hydrogens is 390 g/mol. The minimum absolute atomic E-state index is 0.172. The van der Waals surface area contributed by atoms with Crippen molar-refractivity contribution in [2.45, 2.75) is 25.5 Å². The second-order valence-electron chi connectivity index (χ2n) is 6.90. The third-order valence-corrected chi connectivity index (χ3v) is 4.79. The lowest BCUT2D eigenvalue weighted by atomic mass is 10.3. The lowest BCUT2D eigenvalue weighted by Crippen LogP contribution is -2.22. The fourth-order valence-electron chi connectivity index (χ4n) is 2.84. The maximum Gasteiger partial charge on any atom is 0.258 e. The van der Waals surface area contributed by atoms with Crippen LogP contribution in [0.5, 0.6) is 11.5 Å². The Bertz CT molecular complexity index is 999. The van der Waals surface area contributed by atoms with Gasteiger partial charge in [-0.1, -0.05) is 11.6 Å². The van der Waals surface area contributed by atoms with Gasteiger partial charge in [0, 0.05) is 36.7 Å². The van der Waals surface area contributed by atoms with Crippen LogP contribution in [0.4, 0.5) is 0 Å². The summed E-state index contributed by atoms with van der Waals surface area (Å²) in [6.45, 7) is 1.74. The van der Waals surface area contributed by atoms with Crippen molar-refractivity contribution in [1.82, 2.24) is 14.9 Å². The van der Waals surface area contributed by atoms with E-state index in [1.54, 1.807) is 35.2 Å². The van der Waals surface area contributed by atoms with Crippen LogP contribution in [0.15, 0.2) is 65.7 Å². The zero-order valence-electron chi connectivity index (χ0n) is 15.9. The molecule has 1 fully saturated rings. The summed E-state index contributed by atoms with van der Waals surface area (Å²) in [5.41, 5.74) is 1.33. The lowest BCUT2D eigenvalue weighted by Gasteiger charge is -2.10. The zero-order chi connectivity index (χ0) is 20.1. The van der Waals surface area contributed by atoms with E-state index in [2.05, 4.69) is 10.3 Å². The Balaban J connectivity index is 1.34. The summed E-state index contributed by atoms with van der Waals surface area (Å²) in [5, 5.41) is 3.98. The molecule has 2 heterocycles. The smallest absolute Gasteiger partial charge is 0.258 e. The number of halogens is 1.